The van der Waals surface area contributed by atoms with Crippen LogP contribution >= 0.6 is 0 Å². The van der Waals surface area contributed by atoms with Crippen molar-refractivity contribution in [2.75, 3.05) is 13.2 Å². The summed E-state index contributed by atoms with van der Waals surface area (Å²) in [5.74, 6) is -0.133. The molecule has 0 aromatic heterocycles. The Hall–Kier alpha value is -1.42. The fraction of sp³-hybridized carbons (Fsp3) is 0.500. The van der Waals surface area contributed by atoms with Crippen molar-refractivity contribution >= 4 is 10.0 Å². The molecule has 5 nitrogen and oxygen atoms in total. The van der Waals surface area contributed by atoms with Gasteiger partial charge in [-0.15, -0.1) is 0 Å². The molecule has 6 heteroatoms. The van der Waals surface area contributed by atoms with Gasteiger partial charge in [0.1, 0.15) is 0 Å². The van der Waals surface area contributed by atoms with Crippen LogP contribution in [0, 0.1) is 11.3 Å². The van der Waals surface area contributed by atoms with E-state index in [0.717, 1.165) is 0 Å². The third-order valence-electron chi connectivity index (χ3n) is 2.88. The maximum absolute atomic E-state index is 12.4. The zero-order valence-electron chi connectivity index (χ0n) is 11.8. The van der Waals surface area contributed by atoms with Crippen molar-refractivity contribution in [3.8, 4) is 6.07 Å². The normalized spacial score (nSPS) is 11.8. The van der Waals surface area contributed by atoms with Gasteiger partial charge in [0.25, 0.3) is 0 Å². The Morgan fingerprint density at radius 1 is 1.40 bits per heavy atom. The summed E-state index contributed by atoms with van der Waals surface area (Å²) in [7, 11) is -3.46. The molecular formula is C14H20N2O3S. The lowest BCUT2D eigenvalue weighted by molar-refractivity contribution is 0.258. The van der Waals surface area contributed by atoms with Crippen molar-refractivity contribution in [1.82, 2.24) is 4.31 Å². The van der Waals surface area contributed by atoms with Gasteiger partial charge < -0.3 is 5.11 Å². The molecule has 0 atom stereocenters. The van der Waals surface area contributed by atoms with Gasteiger partial charge in [0, 0.05) is 19.2 Å². The van der Waals surface area contributed by atoms with E-state index in [0.29, 0.717) is 24.1 Å². The number of aliphatic hydroxyl groups excluding tert-OH is 1. The molecule has 20 heavy (non-hydrogen) atoms. The molecule has 0 heterocycles. The summed E-state index contributed by atoms with van der Waals surface area (Å²) < 4.78 is 26.2. The fourth-order valence-corrected chi connectivity index (χ4v) is 3.79. The highest BCUT2D eigenvalue weighted by Gasteiger charge is 2.24. The van der Waals surface area contributed by atoms with Gasteiger partial charge in [-0.25, -0.2) is 8.42 Å². The number of rotatable bonds is 7. The molecule has 1 rings (SSSR count). The summed E-state index contributed by atoms with van der Waals surface area (Å²) in [6, 6.07) is 8.44. The van der Waals surface area contributed by atoms with E-state index in [1.807, 2.05) is 6.07 Å². The largest absolute Gasteiger partial charge is 0.396 e. The molecule has 0 aliphatic carbocycles. The fourth-order valence-electron chi connectivity index (χ4n) is 1.97. The van der Waals surface area contributed by atoms with Crippen LogP contribution in [0.15, 0.2) is 24.3 Å². The SMILES string of the molecule is CC(C)N(CCCO)S(=O)(=O)Cc1cccc(C#N)c1. The molecule has 0 fully saturated rings. The van der Waals surface area contributed by atoms with Gasteiger partial charge in [0.15, 0.2) is 0 Å². The van der Waals surface area contributed by atoms with E-state index in [1.165, 1.54) is 4.31 Å². The van der Waals surface area contributed by atoms with Gasteiger partial charge >= 0.3 is 0 Å². The van der Waals surface area contributed by atoms with Gasteiger partial charge in [0.2, 0.25) is 10.0 Å². The van der Waals surface area contributed by atoms with Crippen LogP contribution in [0.5, 0.6) is 0 Å². The number of sulfonamides is 1. The summed E-state index contributed by atoms with van der Waals surface area (Å²) in [5.41, 5.74) is 1.04. The molecular weight excluding hydrogens is 276 g/mol. The molecule has 1 aromatic carbocycles. The molecule has 0 spiro atoms. The predicted molar refractivity (Wildman–Crippen MR) is 77.3 cm³/mol. The van der Waals surface area contributed by atoms with Crippen molar-refractivity contribution in [3.63, 3.8) is 0 Å². The Balaban J connectivity index is 2.93. The van der Waals surface area contributed by atoms with Crippen LogP contribution in [0.3, 0.4) is 0 Å². The van der Waals surface area contributed by atoms with Crippen LogP contribution in [0.2, 0.25) is 0 Å². The minimum absolute atomic E-state index is 0.0390. The second kappa shape index (κ2) is 7.39. The smallest absolute Gasteiger partial charge is 0.218 e. The Kier molecular flexibility index (Phi) is 6.14. The summed E-state index contributed by atoms with van der Waals surface area (Å²) in [4.78, 5) is 0. The van der Waals surface area contributed by atoms with Crippen LogP contribution in [0.25, 0.3) is 0 Å². The molecule has 0 amide bonds. The van der Waals surface area contributed by atoms with Gasteiger partial charge in [-0.3, -0.25) is 0 Å². The highest BCUT2D eigenvalue weighted by molar-refractivity contribution is 7.88. The van der Waals surface area contributed by atoms with E-state index in [2.05, 4.69) is 0 Å². The third kappa shape index (κ3) is 4.60. The van der Waals surface area contributed by atoms with Crippen LogP contribution < -0.4 is 0 Å². The number of nitrogens with zero attached hydrogens (tertiary/aromatic N) is 2. The molecule has 0 unspecified atom stereocenters. The average molecular weight is 296 g/mol. The van der Waals surface area contributed by atoms with Crippen LogP contribution in [0.4, 0.5) is 0 Å². The van der Waals surface area contributed by atoms with Crippen LogP contribution in [-0.2, 0) is 15.8 Å². The maximum Gasteiger partial charge on any atom is 0.218 e. The highest BCUT2D eigenvalue weighted by atomic mass is 32.2. The maximum atomic E-state index is 12.4. The lowest BCUT2D eigenvalue weighted by Crippen LogP contribution is -2.38. The second-order valence-corrected chi connectivity index (χ2v) is 6.77. The standard InChI is InChI=1S/C14H20N2O3S/c1-12(2)16(7-4-8-17)20(18,19)11-14-6-3-5-13(9-14)10-15/h3,5-6,9,12,17H,4,7-8,11H2,1-2H3. The number of hydrogen-bond acceptors (Lipinski definition) is 4. The predicted octanol–water partition coefficient (Wildman–Crippen LogP) is 1.48. The Morgan fingerprint density at radius 3 is 2.65 bits per heavy atom. The van der Waals surface area contributed by atoms with Gasteiger partial charge in [0.05, 0.1) is 17.4 Å². The summed E-state index contributed by atoms with van der Waals surface area (Å²) in [6.07, 6.45) is 0.412. The van der Waals surface area contributed by atoms with Crippen LogP contribution in [-0.4, -0.2) is 37.0 Å². The van der Waals surface area contributed by atoms with Gasteiger partial charge in [-0.1, -0.05) is 12.1 Å². The first-order valence-corrected chi connectivity index (χ1v) is 8.11. The molecule has 0 saturated carbocycles. The van der Waals surface area contributed by atoms with E-state index >= 15 is 0 Å². The molecule has 0 saturated heterocycles. The Morgan fingerprint density at radius 2 is 2.10 bits per heavy atom. The minimum atomic E-state index is -3.46. The summed E-state index contributed by atoms with van der Waals surface area (Å²) in [5, 5.41) is 17.7. The Bertz CT molecular complexity index is 576. The summed E-state index contributed by atoms with van der Waals surface area (Å²) in [6.45, 7) is 3.87. The number of hydrogen-bond donors (Lipinski definition) is 1. The monoisotopic (exact) mass is 296 g/mol. The topological polar surface area (TPSA) is 81.4 Å². The molecule has 1 N–H and O–H groups in total. The van der Waals surface area contributed by atoms with E-state index in [1.54, 1.807) is 38.1 Å². The van der Waals surface area contributed by atoms with Crippen molar-refractivity contribution < 1.29 is 13.5 Å². The molecule has 0 bridgehead atoms. The first kappa shape index (κ1) is 16.6. The van der Waals surface area contributed by atoms with Crippen LogP contribution in [0.1, 0.15) is 31.4 Å². The van der Waals surface area contributed by atoms with E-state index in [4.69, 9.17) is 10.4 Å². The van der Waals surface area contributed by atoms with Gasteiger partial charge in [-0.2, -0.15) is 9.57 Å². The van der Waals surface area contributed by atoms with E-state index in [9.17, 15) is 8.42 Å². The molecule has 0 aliphatic heterocycles. The highest BCUT2D eigenvalue weighted by Crippen LogP contribution is 2.15. The Labute approximate surface area is 120 Å². The van der Waals surface area contributed by atoms with Gasteiger partial charge in [-0.05, 0) is 38.0 Å². The molecule has 0 radical (unpaired) electrons. The second-order valence-electron chi connectivity index (χ2n) is 4.85. The van der Waals surface area contributed by atoms with E-state index in [-0.39, 0.29) is 18.4 Å². The van der Waals surface area contributed by atoms with Crippen molar-refractivity contribution in [2.45, 2.75) is 32.1 Å². The zero-order chi connectivity index (χ0) is 15.2. The number of aliphatic hydroxyl groups is 1. The van der Waals surface area contributed by atoms with E-state index < -0.39 is 10.0 Å². The minimum Gasteiger partial charge on any atom is -0.396 e. The lowest BCUT2D eigenvalue weighted by Gasteiger charge is -2.25. The molecule has 110 valence electrons. The zero-order valence-corrected chi connectivity index (χ0v) is 12.6. The number of benzene rings is 1. The first-order valence-electron chi connectivity index (χ1n) is 6.50. The quantitative estimate of drug-likeness (QED) is 0.826. The van der Waals surface area contributed by atoms with Crippen molar-refractivity contribution in [3.05, 3.63) is 35.4 Å². The molecule has 1 aromatic rings. The number of nitriles is 1. The van der Waals surface area contributed by atoms with Crippen molar-refractivity contribution in [1.29, 1.82) is 5.26 Å². The summed E-state index contributed by atoms with van der Waals surface area (Å²) >= 11 is 0. The lowest BCUT2D eigenvalue weighted by atomic mass is 10.2. The third-order valence-corrected chi connectivity index (χ3v) is 4.89. The van der Waals surface area contributed by atoms with Crippen molar-refractivity contribution in [2.24, 2.45) is 0 Å². The molecule has 0 aliphatic rings. The first-order chi connectivity index (χ1) is 9.40. The average Bonchev–Trinajstić information content (AvgIpc) is 2.38.